The lowest BCUT2D eigenvalue weighted by molar-refractivity contribution is 0.242. The van der Waals surface area contributed by atoms with Gasteiger partial charge in [-0.2, -0.15) is 0 Å². The van der Waals surface area contributed by atoms with Crippen LogP contribution in [0, 0.1) is 6.92 Å². The molecule has 2 rings (SSSR count). The third-order valence-corrected chi connectivity index (χ3v) is 4.08. The lowest BCUT2D eigenvalue weighted by atomic mass is 10.1. The van der Waals surface area contributed by atoms with Crippen LogP contribution >= 0.6 is 11.3 Å². The van der Waals surface area contributed by atoms with Gasteiger partial charge in [0, 0.05) is 17.5 Å². The van der Waals surface area contributed by atoms with Crippen molar-refractivity contribution in [2.24, 2.45) is 0 Å². The standard InChI is InChI=1S/C16H22N2OS/c1-11(2)19-15-7-5-6-14(8-15)12(3)17-9-16-13(4)18-10-20-16/h5-8,10-12,17H,9H2,1-4H3. The molecule has 1 atom stereocenters. The maximum absolute atomic E-state index is 5.74. The molecule has 1 unspecified atom stereocenters. The molecule has 1 N–H and O–H groups in total. The molecule has 1 aromatic carbocycles. The van der Waals surface area contributed by atoms with Crippen molar-refractivity contribution in [2.75, 3.05) is 0 Å². The number of nitrogens with zero attached hydrogens (tertiary/aromatic N) is 1. The van der Waals surface area contributed by atoms with E-state index in [9.17, 15) is 0 Å². The van der Waals surface area contributed by atoms with Gasteiger partial charge in [0.05, 0.1) is 17.3 Å². The molecule has 108 valence electrons. The molecule has 0 aliphatic carbocycles. The van der Waals surface area contributed by atoms with Crippen LogP contribution < -0.4 is 10.1 Å². The average molecular weight is 290 g/mol. The molecule has 0 radical (unpaired) electrons. The fourth-order valence-electron chi connectivity index (χ4n) is 1.99. The first-order valence-corrected chi connectivity index (χ1v) is 7.83. The Labute approximate surface area is 125 Å². The van der Waals surface area contributed by atoms with Gasteiger partial charge in [0.2, 0.25) is 0 Å². The molecule has 20 heavy (non-hydrogen) atoms. The molecule has 0 bridgehead atoms. The maximum Gasteiger partial charge on any atom is 0.120 e. The van der Waals surface area contributed by atoms with Gasteiger partial charge in [0.15, 0.2) is 0 Å². The summed E-state index contributed by atoms with van der Waals surface area (Å²) in [6.45, 7) is 9.16. The lowest BCUT2D eigenvalue weighted by Crippen LogP contribution is -2.18. The second kappa shape index (κ2) is 6.86. The van der Waals surface area contributed by atoms with Crippen molar-refractivity contribution in [1.82, 2.24) is 10.3 Å². The monoisotopic (exact) mass is 290 g/mol. The molecule has 0 fully saturated rings. The third-order valence-electron chi connectivity index (χ3n) is 3.14. The SMILES string of the molecule is Cc1ncsc1CNC(C)c1cccc(OC(C)C)c1. The Balaban J connectivity index is 1.98. The molecule has 4 heteroatoms. The van der Waals surface area contributed by atoms with E-state index in [0.717, 1.165) is 18.0 Å². The molecular weight excluding hydrogens is 268 g/mol. The minimum atomic E-state index is 0.202. The van der Waals surface area contributed by atoms with E-state index in [1.54, 1.807) is 11.3 Å². The molecule has 0 aliphatic heterocycles. The Morgan fingerprint density at radius 2 is 2.10 bits per heavy atom. The number of aromatic nitrogens is 1. The number of hydrogen-bond donors (Lipinski definition) is 1. The molecule has 0 amide bonds. The van der Waals surface area contributed by atoms with E-state index in [1.807, 2.05) is 31.5 Å². The van der Waals surface area contributed by atoms with Crippen LogP contribution in [-0.4, -0.2) is 11.1 Å². The van der Waals surface area contributed by atoms with E-state index in [1.165, 1.54) is 10.4 Å². The molecule has 2 aromatic rings. The molecule has 0 saturated heterocycles. The lowest BCUT2D eigenvalue weighted by Gasteiger charge is -2.16. The largest absolute Gasteiger partial charge is 0.491 e. The second-order valence-corrected chi connectivity index (χ2v) is 6.14. The number of nitrogens with one attached hydrogen (secondary N) is 1. The molecule has 3 nitrogen and oxygen atoms in total. The van der Waals surface area contributed by atoms with Gasteiger partial charge < -0.3 is 10.1 Å². The van der Waals surface area contributed by atoms with Gasteiger partial charge in [0.1, 0.15) is 5.75 Å². The van der Waals surface area contributed by atoms with Gasteiger partial charge in [-0.15, -0.1) is 11.3 Å². The van der Waals surface area contributed by atoms with Crippen molar-refractivity contribution in [2.45, 2.75) is 46.4 Å². The minimum Gasteiger partial charge on any atom is -0.491 e. The van der Waals surface area contributed by atoms with Gasteiger partial charge in [-0.05, 0) is 45.4 Å². The summed E-state index contributed by atoms with van der Waals surface area (Å²) in [7, 11) is 0. The van der Waals surface area contributed by atoms with E-state index in [-0.39, 0.29) is 12.1 Å². The Kier molecular flexibility index (Phi) is 5.15. The first-order chi connectivity index (χ1) is 9.56. The normalized spacial score (nSPS) is 12.7. The highest BCUT2D eigenvalue weighted by Gasteiger charge is 2.08. The molecule has 0 saturated carbocycles. The molecule has 1 aromatic heterocycles. The van der Waals surface area contributed by atoms with E-state index >= 15 is 0 Å². The predicted molar refractivity (Wildman–Crippen MR) is 84.3 cm³/mol. The van der Waals surface area contributed by atoms with Gasteiger partial charge in [0.25, 0.3) is 0 Å². The van der Waals surface area contributed by atoms with Crippen LogP contribution in [0.1, 0.15) is 42.9 Å². The van der Waals surface area contributed by atoms with Gasteiger partial charge in [-0.1, -0.05) is 12.1 Å². The molecular formula is C16H22N2OS. The van der Waals surface area contributed by atoms with Crippen LogP contribution in [0.5, 0.6) is 5.75 Å². The van der Waals surface area contributed by atoms with Gasteiger partial charge in [-0.25, -0.2) is 4.98 Å². The number of rotatable bonds is 6. The van der Waals surface area contributed by atoms with Crippen LogP contribution in [0.3, 0.4) is 0 Å². The molecule has 0 spiro atoms. The van der Waals surface area contributed by atoms with Gasteiger partial charge in [-0.3, -0.25) is 0 Å². The highest BCUT2D eigenvalue weighted by molar-refractivity contribution is 7.09. The van der Waals surface area contributed by atoms with Crippen molar-refractivity contribution in [3.05, 3.63) is 45.9 Å². The van der Waals surface area contributed by atoms with Crippen molar-refractivity contribution in [3.8, 4) is 5.75 Å². The zero-order chi connectivity index (χ0) is 14.5. The first-order valence-electron chi connectivity index (χ1n) is 6.95. The van der Waals surface area contributed by atoms with Crippen molar-refractivity contribution >= 4 is 11.3 Å². The summed E-state index contributed by atoms with van der Waals surface area (Å²) in [6, 6.07) is 8.57. The van der Waals surface area contributed by atoms with Gasteiger partial charge >= 0.3 is 0 Å². The third kappa shape index (κ3) is 4.05. The summed E-state index contributed by atoms with van der Waals surface area (Å²) in [5, 5.41) is 3.54. The second-order valence-electron chi connectivity index (χ2n) is 5.20. The average Bonchev–Trinajstić information content (AvgIpc) is 2.81. The number of benzene rings is 1. The summed E-state index contributed by atoms with van der Waals surface area (Å²) >= 11 is 1.70. The van der Waals surface area contributed by atoms with E-state index in [2.05, 4.69) is 36.3 Å². The Bertz CT molecular complexity index is 551. The number of thiazole rings is 1. The Morgan fingerprint density at radius 3 is 2.75 bits per heavy atom. The Morgan fingerprint density at radius 1 is 1.30 bits per heavy atom. The number of hydrogen-bond acceptors (Lipinski definition) is 4. The van der Waals surface area contributed by atoms with Crippen LogP contribution in [0.25, 0.3) is 0 Å². The van der Waals surface area contributed by atoms with Crippen molar-refractivity contribution in [3.63, 3.8) is 0 Å². The molecule has 0 aliphatic rings. The summed E-state index contributed by atoms with van der Waals surface area (Å²) in [5.41, 5.74) is 4.26. The van der Waals surface area contributed by atoms with Crippen LogP contribution in [0.15, 0.2) is 29.8 Å². The Hall–Kier alpha value is -1.39. The van der Waals surface area contributed by atoms with Crippen LogP contribution in [0.2, 0.25) is 0 Å². The minimum absolute atomic E-state index is 0.202. The summed E-state index contributed by atoms with van der Waals surface area (Å²) in [5.74, 6) is 0.931. The maximum atomic E-state index is 5.74. The zero-order valence-corrected chi connectivity index (χ0v) is 13.3. The van der Waals surface area contributed by atoms with E-state index in [0.29, 0.717) is 0 Å². The highest BCUT2D eigenvalue weighted by atomic mass is 32.1. The predicted octanol–water partition coefficient (Wildman–Crippen LogP) is 4.09. The number of ether oxygens (including phenoxy) is 1. The summed E-state index contributed by atoms with van der Waals surface area (Å²) in [6.07, 6.45) is 0.202. The fraction of sp³-hybridized carbons (Fsp3) is 0.438. The van der Waals surface area contributed by atoms with Crippen molar-refractivity contribution in [1.29, 1.82) is 0 Å². The van der Waals surface area contributed by atoms with Crippen molar-refractivity contribution < 1.29 is 4.74 Å². The van der Waals surface area contributed by atoms with Crippen LogP contribution in [0.4, 0.5) is 0 Å². The number of aryl methyl sites for hydroxylation is 1. The smallest absolute Gasteiger partial charge is 0.120 e. The quantitative estimate of drug-likeness (QED) is 0.870. The fourth-order valence-corrected chi connectivity index (χ4v) is 2.72. The zero-order valence-electron chi connectivity index (χ0n) is 12.5. The highest BCUT2D eigenvalue weighted by Crippen LogP contribution is 2.21. The van der Waals surface area contributed by atoms with Crippen LogP contribution in [-0.2, 0) is 6.54 Å². The summed E-state index contributed by atoms with van der Waals surface area (Å²) < 4.78 is 5.74. The molecule has 1 heterocycles. The topological polar surface area (TPSA) is 34.2 Å². The first kappa shape index (κ1) is 15.0. The summed E-state index contributed by atoms with van der Waals surface area (Å²) in [4.78, 5) is 5.57. The van der Waals surface area contributed by atoms with E-state index in [4.69, 9.17) is 4.74 Å². The van der Waals surface area contributed by atoms with E-state index < -0.39 is 0 Å².